The number of benzene rings is 1. The van der Waals surface area contributed by atoms with Crippen LogP contribution in [-0.2, 0) is 9.31 Å². The van der Waals surface area contributed by atoms with Gasteiger partial charge in [0.2, 0.25) is 0 Å². The standard InChI is InChI=1S/C15H22BBrO2/c1-10(2)12-9-11(17)7-8-13(12)16-18-14(3,4)15(5,6)19-16/h7-10H,1-6H3. The molecule has 1 aromatic rings. The molecule has 1 aliphatic heterocycles. The summed E-state index contributed by atoms with van der Waals surface area (Å²) in [7, 11) is -0.282. The maximum Gasteiger partial charge on any atom is 0.495 e. The van der Waals surface area contributed by atoms with Gasteiger partial charge in [0.15, 0.2) is 0 Å². The van der Waals surface area contributed by atoms with Crippen LogP contribution in [0.25, 0.3) is 0 Å². The second kappa shape index (κ2) is 4.90. The van der Waals surface area contributed by atoms with Gasteiger partial charge in [-0.3, -0.25) is 0 Å². The predicted octanol–water partition coefficient (Wildman–Crippen LogP) is 3.87. The summed E-state index contributed by atoms with van der Waals surface area (Å²) in [6.45, 7) is 12.7. The lowest BCUT2D eigenvalue weighted by atomic mass is 9.73. The van der Waals surface area contributed by atoms with E-state index in [0.717, 1.165) is 9.94 Å². The van der Waals surface area contributed by atoms with E-state index < -0.39 is 0 Å². The Bertz CT molecular complexity index is 467. The van der Waals surface area contributed by atoms with Gasteiger partial charge in [-0.05, 0) is 56.8 Å². The van der Waals surface area contributed by atoms with Crippen molar-refractivity contribution in [1.29, 1.82) is 0 Å². The van der Waals surface area contributed by atoms with Crippen LogP contribution < -0.4 is 5.46 Å². The largest absolute Gasteiger partial charge is 0.495 e. The Labute approximate surface area is 125 Å². The lowest BCUT2D eigenvalue weighted by Crippen LogP contribution is -2.41. The highest BCUT2D eigenvalue weighted by Crippen LogP contribution is 2.37. The van der Waals surface area contributed by atoms with Crippen LogP contribution in [0.3, 0.4) is 0 Å². The van der Waals surface area contributed by atoms with Crippen LogP contribution in [0.2, 0.25) is 0 Å². The summed E-state index contributed by atoms with van der Waals surface area (Å²) >= 11 is 3.54. The normalized spacial score (nSPS) is 21.2. The smallest absolute Gasteiger partial charge is 0.399 e. The second-order valence-corrected chi connectivity index (χ2v) is 7.43. The zero-order valence-electron chi connectivity index (χ0n) is 12.6. The molecule has 0 unspecified atom stereocenters. The minimum Gasteiger partial charge on any atom is -0.399 e. The molecule has 4 heteroatoms. The summed E-state index contributed by atoms with van der Waals surface area (Å²) in [5.41, 5.74) is 1.82. The van der Waals surface area contributed by atoms with Crippen LogP contribution in [0.1, 0.15) is 53.0 Å². The predicted molar refractivity (Wildman–Crippen MR) is 83.9 cm³/mol. The molecule has 0 atom stereocenters. The van der Waals surface area contributed by atoms with Gasteiger partial charge >= 0.3 is 7.12 Å². The van der Waals surface area contributed by atoms with Crippen LogP contribution in [0.5, 0.6) is 0 Å². The lowest BCUT2D eigenvalue weighted by molar-refractivity contribution is 0.00578. The molecule has 0 spiro atoms. The Hall–Kier alpha value is -0.315. The minimum atomic E-state index is -0.293. The summed E-state index contributed by atoms with van der Waals surface area (Å²) in [4.78, 5) is 0. The lowest BCUT2D eigenvalue weighted by Gasteiger charge is -2.32. The van der Waals surface area contributed by atoms with Crippen LogP contribution in [0.4, 0.5) is 0 Å². The van der Waals surface area contributed by atoms with E-state index in [4.69, 9.17) is 9.31 Å². The summed E-state index contributed by atoms with van der Waals surface area (Å²) in [6.07, 6.45) is 0. The van der Waals surface area contributed by atoms with E-state index in [1.54, 1.807) is 0 Å². The van der Waals surface area contributed by atoms with Gasteiger partial charge in [-0.1, -0.05) is 35.8 Å². The van der Waals surface area contributed by atoms with Crippen molar-refractivity contribution in [2.24, 2.45) is 0 Å². The molecular formula is C15H22BBrO2. The number of halogens is 1. The van der Waals surface area contributed by atoms with Gasteiger partial charge in [0.25, 0.3) is 0 Å². The van der Waals surface area contributed by atoms with Crippen LogP contribution >= 0.6 is 15.9 Å². The molecule has 1 aliphatic rings. The van der Waals surface area contributed by atoms with Crippen LogP contribution in [0.15, 0.2) is 22.7 Å². The summed E-state index contributed by atoms with van der Waals surface area (Å²) < 4.78 is 13.4. The van der Waals surface area contributed by atoms with Crippen LogP contribution in [0, 0.1) is 0 Å². The average molecular weight is 325 g/mol. The van der Waals surface area contributed by atoms with Gasteiger partial charge in [0.05, 0.1) is 11.2 Å². The molecular weight excluding hydrogens is 303 g/mol. The first-order valence-corrected chi connectivity index (χ1v) is 7.58. The molecule has 1 aromatic carbocycles. The highest BCUT2D eigenvalue weighted by atomic mass is 79.9. The molecule has 0 aliphatic carbocycles. The molecule has 0 N–H and O–H groups in total. The molecule has 0 aromatic heterocycles. The first kappa shape index (κ1) is 15.1. The molecule has 1 saturated heterocycles. The second-order valence-electron chi connectivity index (χ2n) is 6.52. The van der Waals surface area contributed by atoms with E-state index in [1.807, 2.05) is 6.07 Å². The van der Waals surface area contributed by atoms with E-state index in [2.05, 4.69) is 69.6 Å². The molecule has 0 bridgehead atoms. The molecule has 104 valence electrons. The van der Waals surface area contributed by atoms with Crippen molar-refractivity contribution >= 4 is 28.5 Å². The summed E-state index contributed by atoms with van der Waals surface area (Å²) in [5, 5.41) is 0. The molecule has 2 rings (SSSR count). The van der Waals surface area contributed by atoms with Crippen molar-refractivity contribution in [2.45, 2.75) is 58.7 Å². The van der Waals surface area contributed by atoms with Crippen molar-refractivity contribution in [3.8, 4) is 0 Å². The quantitative estimate of drug-likeness (QED) is 0.769. The highest BCUT2D eigenvalue weighted by Gasteiger charge is 2.52. The SMILES string of the molecule is CC(C)c1cc(Br)ccc1B1OC(C)(C)C(C)(C)O1. The van der Waals surface area contributed by atoms with E-state index in [0.29, 0.717) is 5.92 Å². The Balaban J connectivity index is 2.39. The third-order valence-electron chi connectivity index (χ3n) is 4.18. The third kappa shape index (κ3) is 2.76. The Morgan fingerprint density at radius 3 is 2.05 bits per heavy atom. The van der Waals surface area contributed by atoms with Gasteiger partial charge in [-0.2, -0.15) is 0 Å². The van der Waals surface area contributed by atoms with Gasteiger partial charge in [0.1, 0.15) is 0 Å². The van der Waals surface area contributed by atoms with Gasteiger partial charge in [-0.15, -0.1) is 0 Å². The number of hydrogen-bond donors (Lipinski definition) is 0. The van der Waals surface area contributed by atoms with E-state index in [9.17, 15) is 0 Å². The van der Waals surface area contributed by atoms with Crippen molar-refractivity contribution in [3.05, 3.63) is 28.2 Å². The first-order valence-electron chi connectivity index (χ1n) is 6.79. The minimum absolute atomic E-state index is 0.282. The fourth-order valence-electron chi connectivity index (χ4n) is 2.23. The van der Waals surface area contributed by atoms with Gasteiger partial charge < -0.3 is 9.31 Å². The van der Waals surface area contributed by atoms with Crippen molar-refractivity contribution in [1.82, 2.24) is 0 Å². The Kier molecular flexibility index (Phi) is 3.89. The molecule has 0 radical (unpaired) electrons. The van der Waals surface area contributed by atoms with Crippen molar-refractivity contribution in [3.63, 3.8) is 0 Å². The maximum atomic E-state index is 6.14. The first-order chi connectivity index (χ1) is 8.64. The van der Waals surface area contributed by atoms with E-state index in [1.165, 1.54) is 5.56 Å². The topological polar surface area (TPSA) is 18.5 Å². The van der Waals surface area contributed by atoms with Gasteiger partial charge in [-0.25, -0.2) is 0 Å². The average Bonchev–Trinajstić information content (AvgIpc) is 2.47. The monoisotopic (exact) mass is 324 g/mol. The number of rotatable bonds is 2. The maximum absolute atomic E-state index is 6.14. The van der Waals surface area contributed by atoms with Gasteiger partial charge in [0, 0.05) is 4.47 Å². The third-order valence-corrected chi connectivity index (χ3v) is 4.67. The van der Waals surface area contributed by atoms with Crippen LogP contribution in [-0.4, -0.2) is 18.3 Å². The van der Waals surface area contributed by atoms with Crippen molar-refractivity contribution < 1.29 is 9.31 Å². The molecule has 19 heavy (non-hydrogen) atoms. The fraction of sp³-hybridized carbons (Fsp3) is 0.600. The fourth-order valence-corrected chi connectivity index (χ4v) is 2.61. The zero-order valence-corrected chi connectivity index (χ0v) is 14.2. The summed E-state index contributed by atoms with van der Waals surface area (Å²) in [5.74, 6) is 0.437. The van der Waals surface area contributed by atoms with E-state index in [-0.39, 0.29) is 18.3 Å². The van der Waals surface area contributed by atoms with E-state index >= 15 is 0 Å². The number of hydrogen-bond acceptors (Lipinski definition) is 2. The molecule has 0 saturated carbocycles. The van der Waals surface area contributed by atoms with Crippen molar-refractivity contribution in [2.75, 3.05) is 0 Å². The Morgan fingerprint density at radius 1 is 1.05 bits per heavy atom. The Morgan fingerprint density at radius 2 is 1.58 bits per heavy atom. The molecule has 0 amide bonds. The molecule has 1 fully saturated rings. The summed E-state index contributed by atoms with van der Waals surface area (Å²) in [6, 6.07) is 6.30. The zero-order chi connectivity index (χ0) is 14.4. The molecule has 1 heterocycles. The molecule has 2 nitrogen and oxygen atoms in total. The highest BCUT2D eigenvalue weighted by molar-refractivity contribution is 9.10.